The second-order valence-electron chi connectivity index (χ2n) is 4.82. The Morgan fingerprint density at radius 2 is 2.04 bits per heavy atom. The molecule has 0 atom stereocenters. The lowest BCUT2D eigenvalue weighted by molar-refractivity contribution is -0.390. The Kier molecular flexibility index (Phi) is 6.07. The summed E-state index contributed by atoms with van der Waals surface area (Å²) in [6.45, 7) is 0.124. The Hall–Kier alpha value is -3.16. The van der Waals surface area contributed by atoms with Crippen molar-refractivity contribution >= 4 is 11.7 Å². The van der Waals surface area contributed by atoms with E-state index in [9.17, 15) is 14.9 Å². The Balaban J connectivity index is 1.76. The maximum absolute atomic E-state index is 11.7. The molecule has 126 valence electrons. The summed E-state index contributed by atoms with van der Waals surface area (Å²) >= 11 is 0. The molecule has 0 saturated carbocycles. The van der Waals surface area contributed by atoms with Crippen LogP contribution in [0.1, 0.15) is 5.56 Å². The van der Waals surface area contributed by atoms with Crippen LogP contribution in [0.25, 0.3) is 0 Å². The largest absolute Gasteiger partial charge is 0.497 e. The molecule has 0 aliphatic rings. The van der Waals surface area contributed by atoms with Crippen LogP contribution in [0.15, 0.2) is 42.6 Å². The number of methoxy groups -OCH3 is 1. The fourth-order valence-electron chi connectivity index (χ4n) is 1.96. The van der Waals surface area contributed by atoms with Crippen LogP contribution < -0.4 is 14.8 Å². The van der Waals surface area contributed by atoms with E-state index in [2.05, 4.69) is 10.3 Å². The van der Waals surface area contributed by atoms with Gasteiger partial charge >= 0.3 is 5.82 Å². The van der Waals surface area contributed by atoms with Gasteiger partial charge in [0.2, 0.25) is 5.75 Å². The average Bonchev–Trinajstić information content (AvgIpc) is 2.60. The Labute approximate surface area is 138 Å². The van der Waals surface area contributed by atoms with E-state index < -0.39 is 10.7 Å². The quantitative estimate of drug-likeness (QED) is 0.583. The van der Waals surface area contributed by atoms with Crippen LogP contribution in [0.3, 0.4) is 0 Å². The van der Waals surface area contributed by atoms with Gasteiger partial charge in [0.05, 0.1) is 7.11 Å². The first-order chi connectivity index (χ1) is 11.6. The lowest BCUT2D eigenvalue weighted by atomic mass is 10.1. The minimum absolute atomic E-state index is 0.0344. The van der Waals surface area contributed by atoms with Gasteiger partial charge in [-0.2, -0.15) is 0 Å². The van der Waals surface area contributed by atoms with Crippen LogP contribution in [0.5, 0.6) is 11.5 Å². The first kappa shape index (κ1) is 17.2. The Morgan fingerprint density at radius 3 is 2.71 bits per heavy atom. The summed E-state index contributed by atoms with van der Waals surface area (Å²) in [5.41, 5.74) is 1.06. The van der Waals surface area contributed by atoms with Crippen LogP contribution in [-0.2, 0) is 11.2 Å². The normalized spacial score (nSPS) is 10.0. The summed E-state index contributed by atoms with van der Waals surface area (Å²) in [7, 11) is 1.60. The number of carbonyl (C=O) groups excluding carboxylic acids is 1. The number of rotatable bonds is 8. The number of hydrogen-bond donors (Lipinski definition) is 1. The third-order valence-electron chi connectivity index (χ3n) is 3.18. The van der Waals surface area contributed by atoms with E-state index in [4.69, 9.17) is 9.47 Å². The fraction of sp³-hybridized carbons (Fsp3) is 0.250. The molecule has 1 aromatic carbocycles. The lowest BCUT2D eigenvalue weighted by Crippen LogP contribution is -2.30. The molecule has 0 radical (unpaired) electrons. The molecule has 0 saturated heterocycles. The van der Waals surface area contributed by atoms with Gasteiger partial charge in [-0.1, -0.05) is 12.1 Å². The van der Waals surface area contributed by atoms with Crippen molar-refractivity contribution in [2.24, 2.45) is 0 Å². The number of nitro groups is 1. The van der Waals surface area contributed by atoms with E-state index in [1.807, 2.05) is 24.3 Å². The number of pyridine rings is 1. The molecule has 2 rings (SSSR count). The summed E-state index contributed by atoms with van der Waals surface area (Å²) in [6, 6.07) is 10.4. The second-order valence-corrected chi connectivity index (χ2v) is 4.82. The molecule has 0 bridgehead atoms. The van der Waals surface area contributed by atoms with E-state index in [-0.39, 0.29) is 18.3 Å². The van der Waals surface area contributed by atoms with Crippen molar-refractivity contribution in [1.29, 1.82) is 0 Å². The van der Waals surface area contributed by atoms with E-state index in [0.29, 0.717) is 13.0 Å². The van der Waals surface area contributed by atoms with Crippen molar-refractivity contribution < 1.29 is 19.2 Å². The zero-order valence-corrected chi connectivity index (χ0v) is 13.1. The van der Waals surface area contributed by atoms with Gasteiger partial charge in [-0.05, 0) is 46.2 Å². The smallest absolute Gasteiger partial charge is 0.406 e. The predicted octanol–water partition coefficient (Wildman–Crippen LogP) is 1.74. The Morgan fingerprint density at radius 1 is 1.29 bits per heavy atom. The summed E-state index contributed by atoms with van der Waals surface area (Å²) in [5, 5.41) is 13.5. The van der Waals surface area contributed by atoms with Gasteiger partial charge < -0.3 is 24.9 Å². The first-order valence-corrected chi connectivity index (χ1v) is 7.22. The SMILES string of the molecule is COc1ccc(CCNC(=O)COc2cccnc2[N+](=O)[O-])cc1. The van der Waals surface area contributed by atoms with Crippen molar-refractivity contribution in [2.45, 2.75) is 6.42 Å². The fourth-order valence-corrected chi connectivity index (χ4v) is 1.96. The van der Waals surface area contributed by atoms with Crippen LogP contribution in [-0.4, -0.2) is 36.1 Å². The van der Waals surface area contributed by atoms with Crippen molar-refractivity contribution in [3.8, 4) is 11.5 Å². The van der Waals surface area contributed by atoms with Crippen LogP contribution >= 0.6 is 0 Å². The topological polar surface area (TPSA) is 104 Å². The molecular weight excluding hydrogens is 314 g/mol. The highest BCUT2D eigenvalue weighted by molar-refractivity contribution is 5.77. The molecule has 24 heavy (non-hydrogen) atoms. The first-order valence-electron chi connectivity index (χ1n) is 7.22. The molecule has 0 aliphatic heterocycles. The maximum atomic E-state index is 11.7. The van der Waals surface area contributed by atoms with Crippen molar-refractivity contribution in [1.82, 2.24) is 10.3 Å². The van der Waals surface area contributed by atoms with Gasteiger partial charge in [-0.15, -0.1) is 0 Å². The zero-order valence-electron chi connectivity index (χ0n) is 13.1. The number of hydrogen-bond acceptors (Lipinski definition) is 6. The molecule has 1 heterocycles. The number of benzene rings is 1. The van der Waals surface area contributed by atoms with Crippen molar-refractivity contribution in [3.63, 3.8) is 0 Å². The highest BCUT2D eigenvalue weighted by atomic mass is 16.6. The third-order valence-corrected chi connectivity index (χ3v) is 3.18. The summed E-state index contributed by atoms with van der Waals surface area (Å²) in [6.07, 6.45) is 1.95. The van der Waals surface area contributed by atoms with Crippen molar-refractivity contribution in [3.05, 3.63) is 58.3 Å². The molecule has 0 fully saturated rings. The van der Waals surface area contributed by atoms with Gasteiger partial charge in [0.25, 0.3) is 5.91 Å². The van der Waals surface area contributed by atoms with Gasteiger partial charge in [-0.25, -0.2) is 0 Å². The van der Waals surface area contributed by atoms with Gasteiger partial charge in [0.15, 0.2) is 6.61 Å². The molecule has 1 amide bonds. The molecule has 0 spiro atoms. The van der Waals surface area contributed by atoms with Crippen LogP contribution in [0.4, 0.5) is 5.82 Å². The van der Waals surface area contributed by atoms with E-state index in [0.717, 1.165) is 11.3 Å². The standard InChI is InChI=1S/C16H17N3O5/c1-23-13-6-4-12(5-7-13)8-10-17-15(20)11-24-14-3-2-9-18-16(14)19(21)22/h2-7,9H,8,10-11H2,1H3,(H,17,20). The Bertz CT molecular complexity index is 703. The van der Waals surface area contributed by atoms with Gasteiger partial charge in [0, 0.05) is 6.54 Å². The number of carbonyl (C=O) groups is 1. The van der Waals surface area contributed by atoms with Gasteiger partial charge in [-0.3, -0.25) is 4.79 Å². The second kappa shape index (κ2) is 8.47. The van der Waals surface area contributed by atoms with E-state index >= 15 is 0 Å². The van der Waals surface area contributed by atoms with Crippen LogP contribution in [0.2, 0.25) is 0 Å². The minimum Gasteiger partial charge on any atom is -0.497 e. The number of nitrogens with zero attached hydrogens (tertiary/aromatic N) is 2. The summed E-state index contributed by atoms with van der Waals surface area (Å²) in [5.74, 6) is -0.0350. The average molecular weight is 331 g/mol. The zero-order chi connectivity index (χ0) is 17.4. The molecule has 1 aromatic heterocycles. The van der Waals surface area contributed by atoms with Crippen LogP contribution in [0, 0.1) is 10.1 Å². The maximum Gasteiger partial charge on any atom is 0.406 e. The molecule has 8 heteroatoms. The summed E-state index contributed by atoms with van der Waals surface area (Å²) < 4.78 is 10.2. The van der Waals surface area contributed by atoms with E-state index in [1.165, 1.54) is 18.3 Å². The third kappa shape index (κ3) is 4.94. The monoisotopic (exact) mass is 331 g/mol. The molecule has 1 N–H and O–H groups in total. The highest BCUT2D eigenvalue weighted by Gasteiger charge is 2.16. The predicted molar refractivity (Wildman–Crippen MR) is 86.1 cm³/mol. The summed E-state index contributed by atoms with van der Waals surface area (Å²) in [4.78, 5) is 25.5. The molecule has 0 aliphatic carbocycles. The molecule has 0 unspecified atom stereocenters. The highest BCUT2D eigenvalue weighted by Crippen LogP contribution is 2.22. The number of ether oxygens (including phenoxy) is 2. The molecular formula is C16H17N3O5. The number of amides is 1. The number of aromatic nitrogens is 1. The van der Waals surface area contributed by atoms with Gasteiger partial charge in [0.1, 0.15) is 11.9 Å². The van der Waals surface area contributed by atoms with E-state index in [1.54, 1.807) is 7.11 Å². The van der Waals surface area contributed by atoms with Crippen molar-refractivity contribution in [2.75, 3.05) is 20.3 Å². The molecule has 2 aromatic rings. The molecule has 8 nitrogen and oxygen atoms in total. The number of nitrogens with one attached hydrogen (secondary N) is 1. The lowest BCUT2D eigenvalue weighted by Gasteiger charge is -2.08. The minimum atomic E-state index is -0.656.